The van der Waals surface area contributed by atoms with Crippen LogP contribution >= 0.6 is 11.6 Å². The number of benzene rings is 2. The van der Waals surface area contributed by atoms with Crippen LogP contribution in [-0.4, -0.2) is 56.2 Å². The highest BCUT2D eigenvalue weighted by Crippen LogP contribution is 2.45. The molecule has 3 aromatic rings. The summed E-state index contributed by atoms with van der Waals surface area (Å²) < 4.78 is 13.3. The van der Waals surface area contributed by atoms with Crippen molar-refractivity contribution in [3.05, 3.63) is 107 Å². The Labute approximate surface area is 243 Å². The summed E-state index contributed by atoms with van der Waals surface area (Å²) in [6, 6.07) is 15.0. The Hall–Kier alpha value is -4.08. The molecule has 4 atom stereocenters. The smallest absolute Gasteiger partial charge is 0.416 e. The average Bonchev–Trinajstić information content (AvgIpc) is 3.61. The third-order valence-corrected chi connectivity index (χ3v) is 7.96. The number of nitrogens with zero attached hydrogens (tertiary/aromatic N) is 4. The van der Waals surface area contributed by atoms with Gasteiger partial charge in [0.15, 0.2) is 0 Å². The second-order valence-electron chi connectivity index (χ2n) is 10.5. The SMILES string of the molecule is Cc1ccc(OC(=O)N2CCC3=C(NC4C=CC(Cl)=CC34)[C@@H]2c2ccc(OCCC(O)Cn3cncn3)cc2)cc1. The molecule has 9 nitrogen and oxygen atoms in total. The number of aryl methyl sites for hydroxylation is 1. The van der Waals surface area contributed by atoms with Crippen LogP contribution in [0.2, 0.25) is 0 Å². The first-order valence-electron chi connectivity index (χ1n) is 13.8. The molecule has 0 radical (unpaired) electrons. The molecule has 3 heterocycles. The van der Waals surface area contributed by atoms with Gasteiger partial charge in [-0.25, -0.2) is 9.78 Å². The van der Waals surface area contributed by atoms with E-state index in [9.17, 15) is 9.90 Å². The van der Waals surface area contributed by atoms with Gasteiger partial charge >= 0.3 is 6.09 Å². The monoisotopic (exact) mass is 573 g/mol. The molecule has 0 saturated carbocycles. The maximum atomic E-state index is 13.5. The van der Waals surface area contributed by atoms with Gasteiger partial charge in [0.25, 0.3) is 0 Å². The van der Waals surface area contributed by atoms with Gasteiger partial charge in [-0.2, -0.15) is 5.10 Å². The van der Waals surface area contributed by atoms with Gasteiger partial charge in [0, 0.05) is 29.6 Å². The number of amides is 1. The zero-order valence-corrected chi connectivity index (χ0v) is 23.4. The topological polar surface area (TPSA) is 102 Å². The molecule has 2 aromatic carbocycles. The summed E-state index contributed by atoms with van der Waals surface area (Å²) in [5, 5.41) is 18.7. The highest BCUT2D eigenvalue weighted by Gasteiger charge is 2.43. The maximum Gasteiger partial charge on any atom is 0.416 e. The van der Waals surface area contributed by atoms with E-state index in [-0.39, 0.29) is 18.0 Å². The number of carbonyl (C=O) groups is 1. The van der Waals surface area contributed by atoms with Crippen LogP contribution in [0, 0.1) is 12.8 Å². The van der Waals surface area contributed by atoms with Crippen LogP contribution in [-0.2, 0) is 6.54 Å². The van der Waals surface area contributed by atoms with Gasteiger partial charge in [-0.05, 0) is 54.8 Å². The predicted octanol–water partition coefficient (Wildman–Crippen LogP) is 4.90. The Bertz CT molecular complexity index is 1470. The first kappa shape index (κ1) is 27.1. The Morgan fingerprint density at radius 3 is 2.71 bits per heavy atom. The largest absolute Gasteiger partial charge is 0.493 e. The fourth-order valence-electron chi connectivity index (χ4n) is 5.64. The number of allylic oxidation sites excluding steroid dienone is 2. The number of ether oxygens (including phenoxy) is 2. The molecule has 1 aromatic heterocycles. The maximum absolute atomic E-state index is 13.5. The summed E-state index contributed by atoms with van der Waals surface area (Å²) in [6.07, 6.45) is 9.31. The van der Waals surface area contributed by atoms with Crippen molar-refractivity contribution >= 4 is 17.7 Å². The number of fused-ring (bicyclic) bond motifs is 2. The zero-order chi connectivity index (χ0) is 28.3. The lowest BCUT2D eigenvalue weighted by Gasteiger charge is -2.37. The molecule has 2 aliphatic heterocycles. The lowest BCUT2D eigenvalue weighted by atomic mass is 9.85. The van der Waals surface area contributed by atoms with E-state index in [1.165, 1.54) is 11.9 Å². The van der Waals surface area contributed by atoms with Gasteiger partial charge in [-0.15, -0.1) is 0 Å². The summed E-state index contributed by atoms with van der Waals surface area (Å²) in [5.74, 6) is 1.36. The number of hydrogen-bond donors (Lipinski definition) is 2. The van der Waals surface area contributed by atoms with E-state index in [0.717, 1.165) is 28.3 Å². The summed E-state index contributed by atoms with van der Waals surface area (Å²) >= 11 is 6.36. The average molecular weight is 574 g/mol. The van der Waals surface area contributed by atoms with Crippen molar-refractivity contribution in [1.82, 2.24) is 25.0 Å². The molecule has 1 aliphatic carbocycles. The van der Waals surface area contributed by atoms with Crippen molar-refractivity contribution in [2.24, 2.45) is 5.92 Å². The molecule has 3 unspecified atom stereocenters. The highest BCUT2D eigenvalue weighted by atomic mass is 35.5. The van der Waals surface area contributed by atoms with Crippen molar-refractivity contribution in [2.75, 3.05) is 13.2 Å². The number of aromatic nitrogens is 3. The third-order valence-electron chi connectivity index (χ3n) is 7.71. The molecule has 1 amide bonds. The molecule has 0 bridgehead atoms. The van der Waals surface area contributed by atoms with Gasteiger partial charge in [0.1, 0.15) is 30.2 Å². The number of carbonyl (C=O) groups excluding carboxylic acids is 1. The molecule has 41 heavy (non-hydrogen) atoms. The molecular weight excluding hydrogens is 542 g/mol. The fraction of sp³-hybridized carbons (Fsp3) is 0.323. The van der Waals surface area contributed by atoms with Gasteiger partial charge in [0.05, 0.1) is 25.3 Å². The molecule has 0 spiro atoms. The fourth-order valence-corrected chi connectivity index (χ4v) is 5.85. The first-order chi connectivity index (χ1) is 19.9. The van der Waals surface area contributed by atoms with E-state index >= 15 is 0 Å². The van der Waals surface area contributed by atoms with E-state index in [2.05, 4.69) is 27.6 Å². The second kappa shape index (κ2) is 11.8. The molecule has 3 aliphatic rings. The van der Waals surface area contributed by atoms with Crippen molar-refractivity contribution in [1.29, 1.82) is 0 Å². The highest BCUT2D eigenvalue weighted by molar-refractivity contribution is 6.31. The van der Waals surface area contributed by atoms with Crippen LogP contribution in [0.15, 0.2) is 95.7 Å². The minimum absolute atomic E-state index is 0.102. The van der Waals surface area contributed by atoms with Gasteiger partial charge in [-0.3, -0.25) is 9.58 Å². The lowest BCUT2D eigenvalue weighted by Crippen LogP contribution is -2.43. The quantitative estimate of drug-likeness (QED) is 0.395. The minimum Gasteiger partial charge on any atom is -0.493 e. The third kappa shape index (κ3) is 6.01. The van der Waals surface area contributed by atoms with Crippen LogP contribution < -0.4 is 14.8 Å². The van der Waals surface area contributed by atoms with E-state index in [0.29, 0.717) is 37.6 Å². The molecule has 0 fully saturated rings. The van der Waals surface area contributed by atoms with Gasteiger partial charge in [-0.1, -0.05) is 53.6 Å². The minimum atomic E-state index is -0.592. The van der Waals surface area contributed by atoms with Crippen LogP contribution in [0.5, 0.6) is 11.5 Å². The summed E-state index contributed by atoms with van der Waals surface area (Å²) in [7, 11) is 0. The first-order valence-corrected chi connectivity index (χ1v) is 14.2. The number of hydrogen-bond acceptors (Lipinski definition) is 7. The van der Waals surface area contributed by atoms with Crippen molar-refractivity contribution < 1.29 is 19.4 Å². The second-order valence-corrected chi connectivity index (χ2v) is 11.0. The molecule has 10 heteroatoms. The standard InChI is InChI=1S/C31H32ClN5O4/c1-20-2-7-25(8-3-20)41-31(39)37-14-12-26-27-16-22(32)6-11-28(27)35-29(26)30(37)21-4-9-24(10-5-21)40-15-13-23(38)17-36-19-33-18-34-36/h2-11,16,18-19,23,27-28,30,35,38H,12-15,17H2,1H3/t23?,27?,28?,30-/m0/s1. The lowest BCUT2D eigenvalue weighted by molar-refractivity contribution is 0.118. The number of nitrogens with one attached hydrogen (secondary N) is 1. The summed E-state index contributed by atoms with van der Waals surface area (Å²) in [6.45, 7) is 3.24. The van der Waals surface area contributed by atoms with Crippen LogP contribution in [0.1, 0.15) is 30.0 Å². The van der Waals surface area contributed by atoms with Crippen molar-refractivity contribution in [2.45, 2.75) is 44.5 Å². The van der Waals surface area contributed by atoms with E-state index < -0.39 is 12.2 Å². The molecular formula is C31H32ClN5O4. The van der Waals surface area contributed by atoms with Crippen LogP contribution in [0.3, 0.4) is 0 Å². The van der Waals surface area contributed by atoms with Crippen molar-refractivity contribution in [3.63, 3.8) is 0 Å². The van der Waals surface area contributed by atoms with E-state index in [1.807, 2.05) is 61.5 Å². The number of rotatable bonds is 8. The number of aliphatic hydroxyl groups is 1. The van der Waals surface area contributed by atoms with Crippen LogP contribution in [0.25, 0.3) is 0 Å². The molecule has 2 N–H and O–H groups in total. The Morgan fingerprint density at radius 2 is 1.95 bits per heavy atom. The van der Waals surface area contributed by atoms with Crippen molar-refractivity contribution in [3.8, 4) is 11.5 Å². The Balaban J connectivity index is 1.19. The van der Waals surface area contributed by atoms with E-state index in [4.69, 9.17) is 21.1 Å². The Morgan fingerprint density at radius 1 is 1.17 bits per heavy atom. The predicted molar refractivity (Wildman–Crippen MR) is 154 cm³/mol. The van der Waals surface area contributed by atoms with E-state index in [1.54, 1.807) is 15.9 Å². The molecule has 6 rings (SSSR count). The number of halogens is 1. The Kier molecular flexibility index (Phi) is 7.80. The summed E-state index contributed by atoms with van der Waals surface area (Å²) in [4.78, 5) is 19.2. The number of aliphatic hydroxyl groups excluding tert-OH is 1. The van der Waals surface area contributed by atoms with Gasteiger partial charge in [0.2, 0.25) is 0 Å². The molecule has 212 valence electrons. The molecule has 0 saturated heterocycles. The summed E-state index contributed by atoms with van der Waals surface area (Å²) in [5.41, 5.74) is 4.33. The zero-order valence-electron chi connectivity index (χ0n) is 22.7. The van der Waals surface area contributed by atoms with Crippen LogP contribution in [0.4, 0.5) is 4.79 Å². The van der Waals surface area contributed by atoms with Gasteiger partial charge < -0.3 is 19.9 Å². The normalized spacial score (nSPS) is 22.0.